The summed E-state index contributed by atoms with van der Waals surface area (Å²) in [5, 5.41) is 13.4. The molecular formula is C28H22BrN3O3. The maximum Gasteiger partial charge on any atom is 0.214 e. The topological polar surface area (TPSA) is 69.4 Å². The van der Waals surface area contributed by atoms with Crippen LogP contribution in [-0.4, -0.2) is 26.8 Å². The van der Waals surface area contributed by atoms with Gasteiger partial charge in [0.15, 0.2) is 5.60 Å². The lowest BCUT2D eigenvalue weighted by atomic mass is 9.82. The van der Waals surface area contributed by atoms with Crippen molar-refractivity contribution in [1.29, 1.82) is 0 Å². The summed E-state index contributed by atoms with van der Waals surface area (Å²) in [6, 6.07) is 21.6. The van der Waals surface area contributed by atoms with Crippen LogP contribution in [-0.2, 0) is 19.3 Å². The molecule has 6 nitrogen and oxygen atoms in total. The van der Waals surface area contributed by atoms with Crippen LogP contribution in [0.5, 0.6) is 11.6 Å². The van der Waals surface area contributed by atoms with Crippen LogP contribution in [0.1, 0.15) is 22.4 Å². The average Bonchev–Trinajstić information content (AvgIpc) is 3.32. The van der Waals surface area contributed by atoms with E-state index in [4.69, 9.17) is 9.47 Å². The number of pyridine rings is 1. The van der Waals surface area contributed by atoms with Crippen molar-refractivity contribution in [3.8, 4) is 22.8 Å². The van der Waals surface area contributed by atoms with Crippen molar-refractivity contribution in [3.63, 3.8) is 0 Å². The van der Waals surface area contributed by atoms with E-state index in [1.54, 1.807) is 19.6 Å². The van der Waals surface area contributed by atoms with E-state index in [0.717, 1.165) is 43.4 Å². The second kappa shape index (κ2) is 8.22. The van der Waals surface area contributed by atoms with Crippen molar-refractivity contribution < 1.29 is 14.6 Å². The van der Waals surface area contributed by atoms with E-state index in [9.17, 15) is 5.11 Å². The van der Waals surface area contributed by atoms with Crippen LogP contribution < -0.4 is 9.47 Å². The monoisotopic (exact) mass is 527 g/mol. The third kappa shape index (κ3) is 3.50. The van der Waals surface area contributed by atoms with Crippen LogP contribution in [0.15, 0.2) is 83.7 Å². The predicted octanol–water partition coefficient (Wildman–Crippen LogP) is 5.58. The maximum absolute atomic E-state index is 12.5. The molecular weight excluding hydrogens is 506 g/mol. The molecule has 35 heavy (non-hydrogen) atoms. The Balaban J connectivity index is 1.73. The molecule has 6 rings (SSSR count). The summed E-state index contributed by atoms with van der Waals surface area (Å²) in [6.07, 6.45) is 3.40. The molecule has 0 amide bonds. The standard InChI is InChI=1S/C28H22BrN3O3/c1-32-16-30-14-26(32)28(33)19-6-8-24(29)18(10-19)15-35-21-5-3-4-17(11-21)22-13-27(34-2)31-25-9-7-20(28)12-23(22)25/h3-14,16,33H,15H2,1-2H3. The highest BCUT2D eigenvalue weighted by Gasteiger charge is 2.37. The minimum Gasteiger partial charge on any atom is -0.489 e. The molecule has 2 aromatic heterocycles. The smallest absolute Gasteiger partial charge is 0.214 e. The Bertz CT molecular complexity index is 1600. The van der Waals surface area contributed by atoms with Crippen molar-refractivity contribution in [3.05, 3.63) is 106 Å². The second-order valence-electron chi connectivity index (χ2n) is 8.67. The van der Waals surface area contributed by atoms with Gasteiger partial charge in [0.05, 0.1) is 30.8 Å². The molecule has 0 radical (unpaired) electrons. The second-order valence-corrected chi connectivity index (χ2v) is 9.52. The quantitative estimate of drug-likeness (QED) is 0.324. The number of aliphatic hydroxyl groups is 1. The lowest BCUT2D eigenvalue weighted by Crippen LogP contribution is -2.31. The predicted molar refractivity (Wildman–Crippen MR) is 138 cm³/mol. The minimum absolute atomic E-state index is 0.339. The average molecular weight is 528 g/mol. The van der Waals surface area contributed by atoms with E-state index in [2.05, 4.69) is 25.9 Å². The van der Waals surface area contributed by atoms with Gasteiger partial charge >= 0.3 is 0 Å². The Hall–Kier alpha value is -3.68. The van der Waals surface area contributed by atoms with E-state index in [1.165, 1.54) is 0 Å². The molecule has 1 unspecified atom stereocenters. The molecule has 174 valence electrons. The van der Waals surface area contributed by atoms with Gasteiger partial charge in [-0.05, 0) is 58.7 Å². The first-order valence-electron chi connectivity index (χ1n) is 11.2. The van der Waals surface area contributed by atoms with Crippen molar-refractivity contribution in [1.82, 2.24) is 14.5 Å². The van der Waals surface area contributed by atoms with Crippen LogP contribution in [0.2, 0.25) is 0 Å². The van der Waals surface area contributed by atoms with Gasteiger partial charge in [0.25, 0.3) is 0 Å². The van der Waals surface area contributed by atoms with Crippen molar-refractivity contribution >= 4 is 26.8 Å². The Morgan fingerprint density at radius 3 is 2.69 bits per heavy atom. The fraction of sp³-hybridized carbons (Fsp3) is 0.143. The number of methoxy groups -OCH3 is 1. The first-order chi connectivity index (χ1) is 17.0. The number of hydrogen-bond donors (Lipinski definition) is 1. The van der Waals surface area contributed by atoms with Gasteiger partial charge in [-0.3, -0.25) is 0 Å². The molecule has 0 aliphatic carbocycles. The first kappa shape index (κ1) is 21.8. The number of hydrogen-bond acceptors (Lipinski definition) is 5. The molecule has 0 saturated heterocycles. The highest BCUT2D eigenvalue weighted by Crippen LogP contribution is 2.41. The number of ether oxygens (including phenoxy) is 2. The number of rotatable bonds is 2. The number of halogens is 1. The summed E-state index contributed by atoms with van der Waals surface area (Å²) in [4.78, 5) is 8.96. The van der Waals surface area contributed by atoms with Gasteiger partial charge in [-0.25, -0.2) is 9.97 Å². The Morgan fingerprint density at radius 1 is 1.06 bits per heavy atom. The van der Waals surface area contributed by atoms with Gasteiger partial charge in [-0.15, -0.1) is 0 Å². The summed E-state index contributed by atoms with van der Waals surface area (Å²) in [6.45, 7) is 0.339. The molecule has 7 heteroatoms. The summed E-state index contributed by atoms with van der Waals surface area (Å²) < 4.78 is 14.5. The van der Waals surface area contributed by atoms with Crippen LogP contribution in [0.3, 0.4) is 0 Å². The number of nitrogens with zero attached hydrogens (tertiary/aromatic N) is 3. The normalized spacial score (nSPS) is 16.8. The molecule has 3 aromatic carbocycles. The summed E-state index contributed by atoms with van der Waals surface area (Å²) in [5.74, 6) is 1.27. The van der Waals surface area contributed by atoms with Crippen LogP contribution in [0.25, 0.3) is 22.0 Å². The molecule has 1 aliphatic heterocycles. The number of fused-ring (bicyclic) bond motifs is 6. The molecule has 5 aromatic rings. The largest absolute Gasteiger partial charge is 0.489 e. The summed E-state index contributed by atoms with van der Waals surface area (Å²) in [7, 11) is 3.49. The SMILES string of the molecule is COc1cc2c3cc(ccc3n1)C(O)(c1cncn1C)c1ccc(Br)c(c1)COc1cccc-2c1. The number of aromatic nitrogens is 3. The number of aryl methyl sites for hydroxylation is 1. The molecule has 1 atom stereocenters. The van der Waals surface area contributed by atoms with Gasteiger partial charge < -0.3 is 19.1 Å². The molecule has 0 fully saturated rings. The number of benzene rings is 3. The fourth-order valence-electron chi connectivity index (χ4n) is 4.76. The zero-order chi connectivity index (χ0) is 24.2. The van der Waals surface area contributed by atoms with Crippen LogP contribution in [0.4, 0.5) is 0 Å². The van der Waals surface area contributed by atoms with Crippen LogP contribution in [0, 0.1) is 0 Å². The lowest BCUT2D eigenvalue weighted by molar-refractivity contribution is 0.117. The third-order valence-electron chi connectivity index (χ3n) is 6.60. The van der Waals surface area contributed by atoms with Crippen LogP contribution >= 0.6 is 15.9 Å². The molecule has 1 aliphatic rings. The van der Waals surface area contributed by atoms with E-state index < -0.39 is 5.60 Å². The van der Waals surface area contributed by atoms with Gasteiger partial charge in [0.2, 0.25) is 5.88 Å². The highest BCUT2D eigenvalue weighted by molar-refractivity contribution is 9.10. The molecule has 1 N–H and O–H groups in total. The Kier molecular flexibility index (Phi) is 5.12. The van der Waals surface area contributed by atoms with E-state index in [-0.39, 0.29) is 0 Å². The molecule has 0 saturated carbocycles. The zero-order valence-electron chi connectivity index (χ0n) is 19.2. The van der Waals surface area contributed by atoms with Gasteiger partial charge in [-0.1, -0.05) is 40.2 Å². The first-order valence-corrected chi connectivity index (χ1v) is 12.0. The van der Waals surface area contributed by atoms with Crippen molar-refractivity contribution in [2.45, 2.75) is 12.2 Å². The zero-order valence-corrected chi connectivity index (χ0v) is 20.8. The minimum atomic E-state index is -1.46. The Labute approximate surface area is 210 Å². The van der Waals surface area contributed by atoms with Crippen molar-refractivity contribution in [2.75, 3.05) is 7.11 Å². The van der Waals surface area contributed by atoms with Gasteiger partial charge in [0.1, 0.15) is 12.4 Å². The summed E-state index contributed by atoms with van der Waals surface area (Å²) >= 11 is 3.65. The third-order valence-corrected chi connectivity index (χ3v) is 7.38. The molecule has 0 spiro atoms. The maximum atomic E-state index is 12.5. The van der Waals surface area contributed by atoms with Gasteiger partial charge in [0, 0.05) is 28.5 Å². The Morgan fingerprint density at radius 2 is 1.89 bits per heavy atom. The fourth-order valence-corrected chi connectivity index (χ4v) is 5.12. The highest BCUT2D eigenvalue weighted by atomic mass is 79.9. The van der Waals surface area contributed by atoms with Crippen molar-refractivity contribution in [2.24, 2.45) is 7.05 Å². The van der Waals surface area contributed by atoms with E-state index in [1.807, 2.05) is 78.3 Å². The van der Waals surface area contributed by atoms with E-state index in [0.29, 0.717) is 23.7 Å². The molecule has 6 bridgehead atoms. The molecule has 3 heterocycles. The number of imidazole rings is 1. The van der Waals surface area contributed by atoms with E-state index >= 15 is 0 Å². The lowest BCUT2D eigenvalue weighted by Gasteiger charge is -2.30. The summed E-state index contributed by atoms with van der Waals surface area (Å²) in [5.41, 5.74) is 4.24. The van der Waals surface area contributed by atoms with Gasteiger partial charge in [-0.2, -0.15) is 0 Å².